The second-order valence-electron chi connectivity index (χ2n) is 15.2. The fourth-order valence-corrected chi connectivity index (χ4v) is 12.3. The molecule has 4 heteroatoms. The van der Waals surface area contributed by atoms with Crippen LogP contribution in [0.5, 0.6) is 0 Å². The molecule has 1 atom stereocenters. The van der Waals surface area contributed by atoms with E-state index in [1.54, 1.807) is 0 Å². The van der Waals surface area contributed by atoms with Crippen LogP contribution in [0, 0.1) is 0 Å². The summed E-state index contributed by atoms with van der Waals surface area (Å²) in [5, 5.41) is 5.82. The standard InChI is InChI=1S/C54H35NS3/c1-4-10-49-43(7-1)46-31-37(19-28-52(46)56-49)34-13-22-40(23-14-34)55(41-24-15-35(16-25-41)38-20-29-53-47(32-38)44-8-2-5-11-50(44)57-53)42-26-17-36(18-27-42)39-21-30-54-48(33-39)45-9-3-6-12-51(45)58-54/h1-29,31-33,54H,30H2. The van der Waals surface area contributed by atoms with Crippen LogP contribution < -0.4 is 4.90 Å². The summed E-state index contributed by atoms with van der Waals surface area (Å²) >= 11 is 5.73. The van der Waals surface area contributed by atoms with Crippen molar-refractivity contribution in [3.8, 4) is 22.3 Å². The highest BCUT2D eigenvalue weighted by molar-refractivity contribution is 8.00. The molecule has 12 rings (SSSR count). The number of thioether (sulfide) groups is 1. The number of thiophene rings is 2. The maximum absolute atomic E-state index is 2.42. The lowest BCUT2D eigenvalue weighted by Crippen LogP contribution is -2.10. The normalized spacial score (nSPS) is 14.8. The van der Waals surface area contributed by atoms with Gasteiger partial charge in [-0.05, 0) is 136 Å². The molecule has 2 aliphatic rings. The highest BCUT2D eigenvalue weighted by Crippen LogP contribution is 2.50. The van der Waals surface area contributed by atoms with E-state index >= 15 is 0 Å². The second kappa shape index (κ2) is 13.7. The van der Waals surface area contributed by atoms with Gasteiger partial charge in [-0.15, -0.1) is 34.4 Å². The monoisotopic (exact) mass is 793 g/mol. The van der Waals surface area contributed by atoms with Gasteiger partial charge in [0.05, 0.1) is 0 Å². The Balaban J connectivity index is 0.906. The lowest BCUT2D eigenvalue weighted by molar-refractivity contribution is 1.09. The second-order valence-corrected chi connectivity index (χ2v) is 18.6. The molecule has 0 radical (unpaired) electrons. The minimum absolute atomic E-state index is 0.514. The Labute approximate surface area is 349 Å². The largest absolute Gasteiger partial charge is 0.311 e. The first-order valence-electron chi connectivity index (χ1n) is 19.8. The number of nitrogens with zero attached hydrogens (tertiary/aromatic N) is 1. The number of rotatable bonds is 6. The molecule has 58 heavy (non-hydrogen) atoms. The van der Waals surface area contributed by atoms with E-state index < -0.39 is 0 Å². The van der Waals surface area contributed by atoms with Crippen molar-refractivity contribution in [2.75, 3.05) is 4.90 Å². The molecule has 8 aromatic carbocycles. The molecule has 0 N–H and O–H groups in total. The summed E-state index contributed by atoms with van der Waals surface area (Å²) in [7, 11) is 0. The average Bonchev–Trinajstić information content (AvgIpc) is 3.98. The van der Waals surface area contributed by atoms with Crippen LogP contribution in [0.4, 0.5) is 17.1 Å². The van der Waals surface area contributed by atoms with Crippen LogP contribution in [0.1, 0.15) is 17.5 Å². The van der Waals surface area contributed by atoms with Gasteiger partial charge in [0.1, 0.15) is 0 Å². The summed E-state index contributed by atoms with van der Waals surface area (Å²) in [6.07, 6.45) is 5.89. The Bertz CT molecular complexity index is 3120. The lowest BCUT2D eigenvalue weighted by atomic mass is 9.90. The van der Waals surface area contributed by atoms with Crippen LogP contribution in [0.2, 0.25) is 0 Å². The minimum Gasteiger partial charge on any atom is -0.311 e. The van der Waals surface area contributed by atoms with Crippen molar-refractivity contribution in [2.45, 2.75) is 16.6 Å². The average molecular weight is 794 g/mol. The smallest absolute Gasteiger partial charge is 0.0462 e. The Morgan fingerprint density at radius 2 is 0.879 bits per heavy atom. The van der Waals surface area contributed by atoms with Crippen molar-refractivity contribution in [3.63, 3.8) is 0 Å². The first-order chi connectivity index (χ1) is 28.7. The zero-order valence-electron chi connectivity index (χ0n) is 31.4. The number of allylic oxidation sites excluding steroid dienone is 3. The van der Waals surface area contributed by atoms with E-state index in [1.807, 2.05) is 34.4 Å². The van der Waals surface area contributed by atoms with Gasteiger partial charge in [-0.3, -0.25) is 0 Å². The fraction of sp³-hybridized carbons (Fsp3) is 0.0370. The SMILES string of the molecule is C1=C(c2ccc(N(c3ccc(-c4ccc5sc6ccccc6c5c4)cc3)c3ccc(-c4ccc5sc6ccccc6c5c4)cc3)cc2)C=C2c3ccccc3SC2C1. The third-order valence-corrected chi connectivity index (χ3v) is 15.5. The molecule has 0 fully saturated rings. The number of hydrogen-bond donors (Lipinski definition) is 0. The molecule has 1 nitrogen and oxygen atoms in total. The van der Waals surface area contributed by atoms with Crippen LogP contribution in [0.3, 0.4) is 0 Å². The zero-order valence-corrected chi connectivity index (χ0v) is 33.9. The van der Waals surface area contributed by atoms with Crippen LogP contribution in [0.15, 0.2) is 199 Å². The Hall–Kier alpha value is -6.17. The molecule has 0 spiro atoms. The minimum atomic E-state index is 0.514. The Morgan fingerprint density at radius 1 is 0.414 bits per heavy atom. The van der Waals surface area contributed by atoms with E-state index in [2.05, 4.69) is 199 Å². The third-order valence-electron chi connectivity index (χ3n) is 11.8. The van der Waals surface area contributed by atoms with Gasteiger partial charge in [-0.1, -0.05) is 109 Å². The highest BCUT2D eigenvalue weighted by atomic mass is 32.2. The molecule has 0 saturated heterocycles. The molecule has 0 saturated carbocycles. The molecule has 10 aromatic rings. The van der Waals surface area contributed by atoms with Crippen LogP contribution in [0.25, 0.3) is 73.7 Å². The predicted octanol–water partition coefficient (Wildman–Crippen LogP) is 16.6. The lowest BCUT2D eigenvalue weighted by Gasteiger charge is -2.26. The van der Waals surface area contributed by atoms with Crippen molar-refractivity contribution < 1.29 is 0 Å². The molecule has 1 aliphatic heterocycles. The quantitative estimate of drug-likeness (QED) is 0.165. The Morgan fingerprint density at radius 3 is 1.45 bits per heavy atom. The van der Waals surface area contributed by atoms with Gasteiger partial charge in [0, 0.05) is 67.6 Å². The summed E-state index contributed by atoms with van der Waals surface area (Å²) in [5.41, 5.74) is 13.7. The van der Waals surface area contributed by atoms with Gasteiger partial charge in [0.15, 0.2) is 0 Å². The van der Waals surface area contributed by atoms with E-state index in [1.165, 1.54) is 89.8 Å². The summed E-state index contributed by atoms with van der Waals surface area (Å²) in [4.78, 5) is 3.79. The fourth-order valence-electron chi connectivity index (χ4n) is 8.87. The number of fused-ring (bicyclic) bond motifs is 9. The topological polar surface area (TPSA) is 3.24 Å². The summed E-state index contributed by atoms with van der Waals surface area (Å²) in [6.45, 7) is 0. The van der Waals surface area contributed by atoms with E-state index in [9.17, 15) is 0 Å². The molecular formula is C54H35NS3. The van der Waals surface area contributed by atoms with E-state index in [0.29, 0.717) is 5.25 Å². The maximum atomic E-state index is 2.42. The molecule has 3 heterocycles. The third kappa shape index (κ3) is 5.74. The number of benzene rings is 8. The van der Waals surface area contributed by atoms with Gasteiger partial charge < -0.3 is 4.90 Å². The van der Waals surface area contributed by atoms with Crippen LogP contribution >= 0.6 is 34.4 Å². The van der Waals surface area contributed by atoms with Crippen LogP contribution in [-0.2, 0) is 0 Å². The zero-order chi connectivity index (χ0) is 38.2. The van der Waals surface area contributed by atoms with Crippen molar-refractivity contribution in [1.82, 2.24) is 0 Å². The van der Waals surface area contributed by atoms with E-state index in [0.717, 1.165) is 23.5 Å². The molecule has 1 unspecified atom stereocenters. The molecule has 274 valence electrons. The molecule has 0 bridgehead atoms. The summed E-state index contributed by atoms with van der Waals surface area (Å²) < 4.78 is 5.33. The molecule has 0 amide bonds. The van der Waals surface area contributed by atoms with Gasteiger partial charge in [-0.25, -0.2) is 0 Å². The van der Waals surface area contributed by atoms with Crippen molar-refractivity contribution in [1.29, 1.82) is 0 Å². The first-order valence-corrected chi connectivity index (χ1v) is 22.3. The van der Waals surface area contributed by atoms with Crippen LogP contribution in [-0.4, -0.2) is 5.25 Å². The van der Waals surface area contributed by atoms with Crippen molar-refractivity contribution >= 4 is 103 Å². The van der Waals surface area contributed by atoms with E-state index in [-0.39, 0.29) is 0 Å². The predicted molar refractivity (Wildman–Crippen MR) is 254 cm³/mol. The first kappa shape index (κ1) is 33.9. The summed E-state index contributed by atoms with van der Waals surface area (Å²) in [6, 6.07) is 67.4. The number of hydrogen-bond acceptors (Lipinski definition) is 4. The summed E-state index contributed by atoms with van der Waals surface area (Å²) in [5.74, 6) is 0. The molecular weight excluding hydrogens is 759 g/mol. The van der Waals surface area contributed by atoms with Gasteiger partial charge in [0.2, 0.25) is 0 Å². The molecule has 2 aromatic heterocycles. The van der Waals surface area contributed by atoms with Gasteiger partial charge in [0.25, 0.3) is 0 Å². The maximum Gasteiger partial charge on any atom is 0.0462 e. The van der Waals surface area contributed by atoms with Gasteiger partial charge >= 0.3 is 0 Å². The van der Waals surface area contributed by atoms with E-state index in [4.69, 9.17) is 0 Å². The highest BCUT2D eigenvalue weighted by Gasteiger charge is 2.29. The Kier molecular flexibility index (Phi) is 8.04. The van der Waals surface area contributed by atoms with Gasteiger partial charge in [-0.2, -0.15) is 0 Å². The number of anilines is 3. The van der Waals surface area contributed by atoms with Crippen molar-refractivity contribution in [3.05, 3.63) is 205 Å². The molecule has 1 aliphatic carbocycles. The van der Waals surface area contributed by atoms with Crippen molar-refractivity contribution in [2.24, 2.45) is 0 Å².